The van der Waals surface area contributed by atoms with E-state index in [1.54, 1.807) is 18.4 Å². The molecule has 0 saturated heterocycles. The van der Waals surface area contributed by atoms with Crippen molar-refractivity contribution in [2.24, 2.45) is 4.99 Å². The summed E-state index contributed by atoms with van der Waals surface area (Å²) in [4.78, 5) is 8.84. The topological polar surface area (TPSA) is 69.5 Å². The van der Waals surface area contributed by atoms with E-state index < -0.39 is 0 Å². The van der Waals surface area contributed by atoms with Gasteiger partial charge in [-0.05, 0) is 5.56 Å². The average Bonchev–Trinajstić information content (AvgIpc) is 3.08. The van der Waals surface area contributed by atoms with E-state index in [0.29, 0.717) is 25.0 Å². The van der Waals surface area contributed by atoms with Crippen LogP contribution < -0.4 is 10.6 Å². The van der Waals surface area contributed by atoms with Crippen molar-refractivity contribution < 1.29 is 5.11 Å². The van der Waals surface area contributed by atoms with Crippen molar-refractivity contribution in [1.29, 1.82) is 0 Å². The number of thiazole rings is 1. The molecule has 0 amide bonds. The number of hydrogen-bond donors (Lipinski definition) is 3. The zero-order valence-corrected chi connectivity index (χ0v) is 15.3. The van der Waals surface area contributed by atoms with Gasteiger partial charge in [0, 0.05) is 30.8 Å². The van der Waals surface area contributed by atoms with Crippen LogP contribution in [0.4, 0.5) is 0 Å². The lowest BCUT2D eigenvalue weighted by atomic mass is 10.0. The highest BCUT2D eigenvalue weighted by atomic mass is 32.1. The number of hydrogen-bond acceptors (Lipinski definition) is 4. The molecule has 0 radical (unpaired) electrons. The van der Waals surface area contributed by atoms with E-state index >= 15 is 0 Å². The van der Waals surface area contributed by atoms with Crippen molar-refractivity contribution in [3.05, 3.63) is 52.0 Å². The van der Waals surface area contributed by atoms with Gasteiger partial charge in [-0.15, -0.1) is 11.3 Å². The monoisotopic (exact) mass is 346 g/mol. The minimum atomic E-state index is 0.0385. The second-order valence-corrected chi connectivity index (χ2v) is 6.82. The molecule has 130 valence electrons. The minimum Gasteiger partial charge on any atom is -0.396 e. The molecule has 1 heterocycles. The normalized spacial score (nSPS) is 13.1. The number of aliphatic imine (C=N–C) groups is 1. The van der Waals surface area contributed by atoms with Crippen molar-refractivity contribution in [3.8, 4) is 0 Å². The molecule has 0 saturated carbocycles. The summed E-state index contributed by atoms with van der Waals surface area (Å²) in [5.41, 5.74) is 2.14. The van der Waals surface area contributed by atoms with Crippen LogP contribution in [0.2, 0.25) is 0 Å². The van der Waals surface area contributed by atoms with E-state index in [-0.39, 0.29) is 12.5 Å². The van der Waals surface area contributed by atoms with Crippen LogP contribution in [0, 0.1) is 0 Å². The number of aliphatic hydroxyl groups is 1. The van der Waals surface area contributed by atoms with Gasteiger partial charge in [-0.3, -0.25) is 4.99 Å². The number of benzene rings is 1. The third kappa shape index (κ3) is 5.32. The maximum Gasteiger partial charge on any atom is 0.191 e. The van der Waals surface area contributed by atoms with Gasteiger partial charge in [0.1, 0.15) is 0 Å². The van der Waals surface area contributed by atoms with Gasteiger partial charge >= 0.3 is 0 Å². The van der Waals surface area contributed by atoms with E-state index in [9.17, 15) is 5.11 Å². The van der Waals surface area contributed by atoms with Crippen LogP contribution in [0.3, 0.4) is 0 Å². The molecule has 1 aromatic carbocycles. The van der Waals surface area contributed by atoms with Crippen LogP contribution in [0.25, 0.3) is 0 Å². The highest BCUT2D eigenvalue weighted by Crippen LogP contribution is 2.19. The zero-order valence-electron chi connectivity index (χ0n) is 14.5. The standard InChI is InChI=1S/C18H26N4OS/c1-13(2)17-22-16(12-24-17)10-21-18(19-3)20-9-15(11-23)14-7-5-4-6-8-14/h4-8,12-13,15,23H,9-11H2,1-3H3,(H2,19,20,21). The Kier molecular flexibility index (Phi) is 7.21. The van der Waals surface area contributed by atoms with Crippen LogP contribution in [0.15, 0.2) is 40.7 Å². The van der Waals surface area contributed by atoms with Gasteiger partial charge in [0.15, 0.2) is 5.96 Å². The third-order valence-electron chi connectivity index (χ3n) is 3.73. The van der Waals surface area contributed by atoms with Gasteiger partial charge in [-0.2, -0.15) is 0 Å². The Bertz CT molecular complexity index is 639. The molecular weight excluding hydrogens is 320 g/mol. The highest BCUT2D eigenvalue weighted by Gasteiger charge is 2.11. The predicted molar refractivity (Wildman–Crippen MR) is 101 cm³/mol. The fourth-order valence-corrected chi connectivity index (χ4v) is 3.13. The zero-order chi connectivity index (χ0) is 17.4. The van der Waals surface area contributed by atoms with Gasteiger partial charge in [0.25, 0.3) is 0 Å². The molecule has 2 rings (SSSR count). The summed E-state index contributed by atoms with van der Waals surface area (Å²) in [7, 11) is 1.74. The molecule has 1 atom stereocenters. The Balaban J connectivity index is 1.85. The van der Waals surface area contributed by atoms with Crippen molar-refractivity contribution in [2.45, 2.75) is 32.2 Å². The maximum atomic E-state index is 9.62. The summed E-state index contributed by atoms with van der Waals surface area (Å²) in [5.74, 6) is 1.21. The lowest BCUT2D eigenvalue weighted by Gasteiger charge is -2.17. The molecule has 0 aliphatic heterocycles. The second kappa shape index (κ2) is 9.39. The first-order valence-corrected chi connectivity index (χ1v) is 9.06. The summed E-state index contributed by atoms with van der Waals surface area (Å²) < 4.78 is 0. The maximum absolute atomic E-state index is 9.62. The minimum absolute atomic E-state index is 0.0385. The molecule has 0 bridgehead atoms. The SMILES string of the molecule is CN=C(NCc1csc(C(C)C)n1)NCC(CO)c1ccccc1. The Morgan fingerprint density at radius 1 is 1.25 bits per heavy atom. The number of aromatic nitrogens is 1. The summed E-state index contributed by atoms with van der Waals surface area (Å²) in [6, 6.07) is 10.0. The van der Waals surface area contributed by atoms with Crippen molar-refractivity contribution in [1.82, 2.24) is 15.6 Å². The first kappa shape index (κ1) is 18.4. The number of guanidine groups is 1. The Hall–Kier alpha value is -1.92. The molecule has 3 N–H and O–H groups in total. The second-order valence-electron chi connectivity index (χ2n) is 5.93. The number of rotatable bonds is 7. The molecular formula is C18H26N4OS. The Morgan fingerprint density at radius 3 is 2.58 bits per heavy atom. The molecule has 24 heavy (non-hydrogen) atoms. The fourth-order valence-electron chi connectivity index (χ4n) is 2.30. The molecule has 2 aromatic rings. The Labute approximate surface area is 147 Å². The van der Waals surface area contributed by atoms with E-state index in [0.717, 1.165) is 16.3 Å². The molecule has 0 aliphatic carbocycles. The van der Waals surface area contributed by atoms with E-state index in [1.807, 2.05) is 30.3 Å². The van der Waals surface area contributed by atoms with Gasteiger partial charge < -0.3 is 15.7 Å². The molecule has 0 aliphatic rings. The third-order valence-corrected chi connectivity index (χ3v) is 4.93. The molecule has 1 unspecified atom stereocenters. The summed E-state index contributed by atoms with van der Waals surface area (Å²) in [6.45, 7) is 5.65. The Morgan fingerprint density at radius 2 is 2.00 bits per heavy atom. The predicted octanol–water partition coefficient (Wildman–Crippen LogP) is 2.71. The van der Waals surface area contributed by atoms with Gasteiger partial charge in [0.05, 0.1) is 23.9 Å². The lowest BCUT2D eigenvalue weighted by molar-refractivity contribution is 0.265. The first-order chi connectivity index (χ1) is 11.6. The quantitative estimate of drug-likeness (QED) is 0.533. The molecule has 6 heteroatoms. The largest absolute Gasteiger partial charge is 0.396 e. The first-order valence-electron chi connectivity index (χ1n) is 8.18. The number of nitrogens with one attached hydrogen (secondary N) is 2. The summed E-state index contributed by atoms with van der Waals surface area (Å²) >= 11 is 1.69. The number of nitrogens with zero attached hydrogens (tertiary/aromatic N) is 2. The van der Waals surface area contributed by atoms with Crippen LogP contribution >= 0.6 is 11.3 Å². The van der Waals surface area contributed by atoms with Gasteiger partial charge in [0.2, 0.25) is 0 Å². The van der Waals surface area contributed by atoms with Gasteiger partial charge in [-0.1, -0.05) is 44.2 Å². The van der Waals surface area contributed by atoms with E-state index in [2.05, 4.69) is 39.8 Å². The van der Waals surface area contributed by atoms with E-state index in [4.69, 9.17) is 0 Å². The van der Waals surface area contributed by atoms with Crippen molar-refractivity contribution in [2.75, 3.05) is 20.2 Å². The van der Waals surface area contributed by atoms with Crippen molar-refractivity contribution in [3.63, 3.8) is 0 Å². The van der Waals surface area contributed by atoms with Crippen molar-refractivity contribution >= 4 is 17.3 Å². The molecule has 0 spiro atoms. The van der Waals surface area contributed by atoms with Crippen LogP contribution in [0.1, 0.15) is 41.9 Å². The number of aliphatic hydroxyl groups excluding tert-OH is 1. The van der Waals surface area contributed by atoms with E-state index in [1.165, 1.54) is 0 Å². The van der Waals surface area contributed by atoms with Gasteiger partial charge in [-0.25, -0.2) is 4.98 Å². The molecule has 0 fully saturated rings. The highest BCUT2D eigenvalue weighted by molar-refractivity contribution is 7.09. The molecule has 5 nitrogen and oxygen atoms in total. The van der Waals surface area contributed by atoms with Crippen LogP contribution in [0.5, 0.6) is 0 Å². The summed E-state index contributed by atoms with van der Waals surface area (Å²) in [5, 5.41) is 19.4. The smallest absolute Gasteiger partial charge is 0.191 e. The fraction of sp³-hybridized carbons (Fsp3) is 0.444. The molecule has 1 aromatic heterocycles. The van der Waals surface area contributed by atoms with Crippen LogP contribution in [-0.4, -0.2) is 36.2 Å². The average molecular weight is 346 g/mol. The van der Waals surface area contributed by atoms with Crippen LogP contribution in [-0.2, 0) is 6.54 Å². The lowest BCUT2D eigenvalue weighted by Crippen LogP contribution is -2.39. The summed E-state index contributed by atoms with van der Waals surface area (Å²) in [6.07, 6.45) is 0.